The number of hydrogen-bond acceptors (Lipinski definition) is 4. The molecule has 5 heteroatoms. The van der Waals surface area contributed by atoms with Gasteiger partial charge in [-0.15, -0.1) is 0 Å². The molecule has 0 saturated heterocycles. The molecular weight excluding hydrogens is 282 g/mol. The van der Waals surface area contributed by atoms with Crippen LogP contribution >= 0.6 is 0 Å². The number of ether oxygens (including phenoxy) is 2. The van der Waals surface area contributed by atoms with E-state index in [4.69, 9.17) is 9.47 Å². The predicted molar refractivity (Wildman–Crippen MR) is 81.6 cm³/mol. The molecule has 0 unspecified atom stereocenters. The van der Waals surface area contributed by atoms with E-state index in [0.717, 1.165) is 35.7 Å². The second kappa shape index (κ2) is 5.48. The first-order valence-electron chi connectivity index (χ1n) is 7.42. The summed E-state index contributed by atoms with van der Waals surface area (Å²) in [5.41, 5.74) is 1.18. The molecule has 1 aromatic carbocycles. The van der Waals surface area contributed by atoms with Gasteiger partial charge in [0.15, 0.2) is 0 Å². The molecule has 0 amide bonds. The Morgan fingerprint density at radius 2 is 1.77 bits per heavy atom. The number of benzene rings is 1. The van der Waals surface area contributed by atoms with Crippen LogP contribution in [0.1, 0.15) is 30.5 Å². The lowest BCUT2D eigenvalue weighted by Crippen LogP contribution is -2.46. The summed E-state index contributed by atoms with van der Waals surface area (Å²) in [6, 6.07) is 7.84. The van der Waals surface area contributed by atoms with Crippen molar-refractivity contribution in [3.8, 4) is 0 Å². The van der Waals surface area contributed by atoms with Crippen LogP contribution in [0.2, 0.25) is 0 Å². The summed E-state index contributed by atoms with van der Waals surface area (Å²) in [7, 11) is 2.61. The average molecular weight is 301 g/mol. The van der Waals surface area contributed by atoms with Crippen molar-refractivity contribution < 1.29 is 19.1 Å². The minimum Gasteiger partial charge on any atom is -0.468 e. The first kappa shape index (κ1) is 14.6. The smallest absolute Gasteiger partial charge is 0.329 e. The van der Waals surface area contributed by atoms with Crippen molar-refractivity contribution in [2.45, 2.75) is 31.1 Å². The molecule has 5 nitrogen and oxygen atoms in total. The molecule has 0 radical (unpaired) electrons. The molecule has 116 valence electrons. The molecule has 22 heavy (non-hydrogen) atoms. The van der Waals surface area contributed by atoms with Gasteiger partial charge in [-0.3, -0.25) is 9.59 Å². The maximum absolute atomic E-state index is 12.5. The number of esters is 2. The second-order valence-electron chi connectivity index (χ2n) is 5.62. The fourth-order valence-electron chi connectivity index (χ4n) is 3.48. The molecule has 2 aromatic rings. The Hall–Kier alpha value is -2.30. The number of fused-ring (bicyclic) bond motifs is 3. The molecule has 1 N–H and O–H groups in total. The summed E-state index contributed by atoms with van der Waals surface area (Å²) in [6.07, 6.45) is 2.91. The highest BCUT2D eigenvalue weighted by Gasteiger charge is 2.53. The molecule has 0 aliphatic heterocycles. The van der Waals surface area contributed by atoms with Gasteiger partial charge in [-0.2, -0.15) is 0 Å². The molecular formula is C17H19NO4. The number of aromatic nitrogens is 1. The van der Waals surface area contributed by atoms with Gasteiger partial charge in [0.1, 0.15) is 0 Å². The van der Waals surface area contributed by atoms with Crippen molar-refractivity contribution in [2.24, 2.45) is 0 Å². The summed E-state index contributed by atoms with van der Waals surface area (Å²) in [6.45, 7) is 0. The number of para-hydroxylation sites is 1. The lowest BCUT2D eigenvalue weighted by atomic mass is 9.79. The number of aryl methyl sites for hydroxylation is 1. The highest BCUT2D eigenvalue weighted by Crippen LogP contribution is 2.41. The van der Waals surface area contributed by atoms with E-state index in [1.165, 1.54) is 14.2 Å². The Morgan fingerprint density at radius 1 is 1.09 bits per heavy atom. The third-order valence-electron chi connectivity index (χ3n) is 4.54. The van der Waals surface area contributed by atoms with Crippen LogP contribution in [0.5, 0.6) is 0 Å². The van der Waals surface area contributed by atoms with Crippen molar-refractivity contribution in [1.29, 1.82) is 0 Å². The number of H-pyrrole nitrogens is 1. The van der Waals surface area contributed by atoms with Gasteiger partial charge < -0.3 is 14.5 Å². The lowest BCUT2D eigenvalue weighted by molar-refractivity contribution is -0.162. The molecule has 1 aliphatic carbocycles. The highest BCUT2D eigenvalue weighted by molar-refractivity contribution is 6.07. The molecule has 0 bridgehead atoms. The van der Waals surface area contributed by atoms with E-state index in [9.17, 15) is 9.59 Å². The van der Waals surface area contributed by atoms with Crippen LogP contribution in [0.15, 0.2) is 24.3 Å². The van der Waals surface area contributed by atoms with Crippen LogP contribution in [-0.2, 0) is 30.9 Å². The molecule has 0 atom stereocenters. The number of hydrogen-bond donors (Lipinski definition) is 1. The zero-order valence-electron chi connectivity index (χ0n) is 12.8. The Kier molecular flexibility index (Phi) is 3.64. The summed E-state index contributed by atoms with van der Waals surface area (Å²) in [5.74, 6) is -1.12. The van der Waals surface area contributed by atoms with Gasteiger partial charge in [-0.05, 0) is 30.9 Å². The monoisotopic (exact) mass is 301 g/mol. The number of rotatable bonds is 2. The molecule has 1 heterocycles. The number of carbonyl (C=O) groups is 2. The number of methoxy groups -OCH3 is 2. The SMILES string of the molecule is COC(=O)C1(C(=O)OC)CCCCc2c1[nH]c1ccccc21. The van der Waals surface area contributed by atoms with Crippen molar-refractivity contribution >= 4 is 22.8 Å². The fraction of sp³-hybridized carbons (Fsp3) is 0.412. The molecule has 1 aliphatic rings. The topological polar surface area (TPSA) is 68.4 Å². The van der Waals surface area contributed by atoms with Crippen LogP contribution in [-0.4, -0.2) is 31.1 Å². The van der Waals surface area contributed by atoms with Crippen molar-refractivity contribution in [1.82, 2.24) is 4.98 Å². The molecule has 0 saturated carbocycles. The zero-order chi connectivity index (χ0) is 15.7. The summed E-state index contributed by atoms with van der Waals surface area (Å²) >= 11 is 0. The van der Waals surface area contributed by atoms with E-state index in [2.05, 4.69) is 4.98 Å². The third kappa shape index (κ3) is 1.92. The van der Waals surface area contributed by atoms with Crippen LogP contribution < -0.4 is 0 Å². The minimum absolute atomic E-state index is 0.395. The normalized spacial score (nSPS) is 16.6. The molecule has 1 aromatic heterocycles. The fourth-order valence-corrected chi connectivity index (χ4v) is 3.48. The first-order chi connectivity index (χ1) is 10.6. The van der Waals surface area contributed by atoms with Crippen molar-refractivity contribution in [3.63, 3.8) is 0 Å². The van der Waals surface area contributed by atoms with Gasteiger partial charge in [0.05, 0.1) is 14.2 Å². The van der Waals surface area contributed by atoms with Gasteiger partial charge in [0.25, 0.3) is 0 Å². The maximum atomic E-state index is 12.5. The Bertz CT molecular complexity index is 715. The first-order valence-corrected chi connectivity index (χ1v) is 7.42. The minimum atomic E-state index is -1.39. The number of carbonyl (C=O) groups excluding carboxylic acids is 2. The van der Waals surface area contributed by atoms with Gasteiger partial charge in [0.2, 0.25) is 5.41 Å². The Balaban J connectivity index is 2.32. The average Bonchev–Trinajstić information content (AvgIpc) is 2.82. The van der Waals surface area contributed by atoms with Crippen LogP contribution in [0.4, 0.5) is 0 Å². The van der Waals surface area contributed by atoms with Gasteiger partial charge in [-0.25, -0.2) is 0 Å². The summed E-state index contributed by atoms with van der Waals surface area (Å²) in [4.78, 5) is 28.4. The van der Waals surface area contributed by atoms with E-state index in [-0.39, 0.29) is 0 Å². The van der Waals surface area contributed by atoms with E-state index in [1.54, 1.807) is 0 Å². The quantitative estimate of drug-likeness (QED) is 0.525. The lowest BCUT2D eigenvalue weighted by Gasteiger charge is -2.27. The summed E-state index contributed by atoms with van der Waals surface area (Å²) < 4.78 is 9.93. The largest absolute Gasteiger partial charge is 0.468 e. The van der Waals surface area contributed by atoms with Gasteiger partial charge in [-0.1, -0.05) is 24.6 Å². The molecule has 3 rings (SSSR count). The predicted octanol–water partition coefficient (Wildman–Crippen LogP) is 2.48. The maximum Gasteiger partial charge on any atom is 0.329 e. The second-order valence-corrected chi connectivity index (χ2v) is 5.62. The Labute approximate surface area is 128 Å². The molecule has 0 spiro atoms. The third-order valence-corrected chi connectivity index (χ3v) is 4.54. The van der Waals surface area contributed by atoms with Crippen LogP contribution in [0, 0.1) is 0 Å². The highest BCUT2D eigenvalue weighted by atomic mass is 16.5. The van der Waals surface area contributed by atoms with E-state index >= 15 is 0 Å². The van der Waals surface area contributed by atoms with Crippen LogP contribution in [0.25, 0.3) is 10.9 Å². The van der Waals surface area contributed by atoms with Gasteiger partial charge >= 0.3 is 11.9 Å². The van der Waals surface area contributed by atoms with Crippen LogP contribution in [0.3, 0.4) is 0 Å². The van der Waals surface area contributed by atoms with E-state index in [1.807, 2.05) is 24.3 Å². The zero-order valence-corrected chi connectivity index (χ0v) is 12.8. The number of nitrogens with one attached hydrogen (secondary N) is 1. The standard InChI is InChI=1S/C17H19NO4/c1-21-15(19)17(16(20)22-2)10-6-5-8-12-11-7-3-4-9-13(11)18-14(12)17/h3-4,7,9,18H,5-6,8,10H2,1-2H3. The Morgan fingerprint density at radius 3 is 2.45 bits per heavy atom. The molecule has 0 fully saturated rings. The van der Waals surface area contributed by atoms with Crippen molar-refractivity contribution in [3.05, 3.63) is 35.5 Å². The van der Waals surface area contributed by atoms with Gasteiger partial charge in [0, 0.05) is 16.6 Å². The van der Waals surface area contributed by atoms with Crippen molar-refractivity contribution in [2.75, 3.05) is 14.2 Å². The summed E-state index contributed by atoms with van der Waals surface area (Å²) in [5, 5.41) is 1.05. The number of aromatic amines is 1. The van der Waals surface area contributed by atoms with E-state index < -0.39 is 17.4 Å². The van der Waals surface area contributed by atoms with E-state index in [0.29, 0.717) is 12.1 Å².